The van der Waals surface area contributed by atoms with Gasteiger partial charge in [0, 0.05) is 0 Å². The van der Waals surface area contributed by atoms with E-state index in [0.717, 1.165) is 6.42 Å². The molecule has 0 spiro atoms. The summed E-state index contributed by atoms with van der Waals surface area (Å²) < 4.78 is 0. The first-order chi connectivity index (χ1) is 6.41. The van der Waals surface area contributed by atoms with E-state index in [1.807, 2.05) is 0 Å². The molecular weight excluding hydrogens is 156 g/mol. The van der Waals surface area contributed by atoms with Gasteiger partial charge in [-0.2, -0.15) is 0 Å². The van der Waals surface area contributed by atoms with Gasteiger partial charge < -0.3 is 0 Å². The monoisotopic (exact) mass is 179 g/mol. The first kappa shape index (κ1) is 12.5. The molecule has 0 rings (SSSR count). The van der Waals surface area contributed by atoms with Crippen LogP contribution in [0.4, 0.5) is 0 Å². The second-order valence-electron chi connectivity index (χ2n) is 3.35. The summed E-state index contributed by atoms with van der Waals surface area (Å²) in [4.78, 5) is 0. The van der Waals surface area contributed by atoms with Gasteiger partial charge in [0.1, 0.15) is 0 Å². The molecule has 0 nitrogen and oxygen atoms in total. The summed E-state index contributed by atoms with van der Waals surface area (Å²) in [5, 5.41) is 0. The minimum atomic E-state index is 1.08. The molecule has 0 aliphatic rings. The number of hydrogen-bond donors (Lipinski definition) is 0. The minimum Gasteiger partial charge on any atom is -0.0846 e. The molecule has 0 heterocycles. The van der Waals surface area contributed by atoms with Gasteiger partial charge in [-0.1, -0.05) is 63.8 Å². The van der Waals surface area contributed by atoms with E-state index >= 15 is 0 Å². The van der Waals surface area contributed by atoms with E-state index < -0.39 is 0 Å². The van der Waals surface area contributed by atoms with Crippen molar-refractivity contribution in [3.8, 4) is 0 Å². The highest BCUT2D eigenvalue weighted by Gasteiger charge is 1.83. The Bertz CT molecular complexity index is 131. The molecular formula is C13H23. The predicted molar refractivity (Wildman–Crippen MR) is 61.6 cm³/mol. The minimum absolute atomic E-state index is 1.08. The zero-order chi connectivity index (χ0) is 9.78. The Morgan fingerprint density at radius 2 is 1.62 bits per heavy atom. The fourth-order valence-electron chi connectivity index (χ4n) is 1.13. The molecule has 0 aliphatic carbocycles. The van der Waals surface area contributed by atoms with E-state index in [2.05, 4.69) is 38.2 Å². The maximum Gasteiger partial charge on any atom is -0.0348 e. The predicted octanol–water partition coefficient (Wildman–Crippen LogP) is 4.68. The van der Waals surface area contributed by atoms with Crippen molar-refractivity contribution in [1.82, 2.24) is 0 Å². The molecule has 0 aliphatic heterocycles. The van der Waals surface area contributed by atoms with E-state index in [-0.39, 0.29) is 0 Å². The first-order valence-corrected chi connectivity index (χ1v) is 5.52. The van der Waals surface area contributed by atoms with Crippen molar-refractivity contribution >= 4 is 0 Å². The normalized spacial score (nSPS) is 11.8. The first-order valence-electron chi connectivity index (χ1n) is 5.52. The summed E-state index contributed by atoms with van der Waals surface area (Å²) >= 11 is 0. The van der Waals surface area contributed by atoms with Crippen LogP contribution in [0.1, 0.15) is 51.9 Å². The number of unbranched alkanes of at least 4 members (excludes halogenated alkanes) is 5. The SMILES string of the molecule is [CH2]CCCCC/C=C/C=C\CCC. The molecule has 0 aromatic heterocycles. The molecule has 0 unspecified atom stereocenters. The second-order valence-corrected chi connectivity index (χ2v) is 3.35. The molecule has 75 valence electrons. The Labute approximate surface area is 83.7 Å². The van der Waals surface area contributed by atoms with Gasteiger partial charge in [0.2, 0.25) is 0 Å². The number of hydrogen-bond acceptors (Lipinski definition) is 0. The Morgan fingerprint density at radius 3 is 2.23 bits per heavy atom. The molecule has 0 heteroatoms. The molecule has 1 radical (unpaired) electrons. The zero-order valence-corrected chi connectivity index (χ0v) is 8.97. The van der Waals surface area contributed by atoms with Crippen LogP contribution in [0.2, 0.25) is 0 Å². The third kappa shape index (κ3) is 11.5. The van der Waals surface area contributed by atoms with Crippen molar-refractivity contribution in [3.63, 3.8) is 0 Å². The lowest BCUT2D eigenvalue weighted by molar-refractivity contribution is 0.695. The average molecular weight is 179 g/mol. The summed E-state index contributed by atoms with van der Waals surface area (Å²) in [6.07, 6.45) is 17.5. The Morgan fingerprint density at radius 1 is 0.923 bits per heavy atom. The van der Waals surface area contributed by atoms with Gasteiger partial charge in [-0.25, -0.2) is 0 Å². The molecule has 0 saturated carbocycles. The standard InChI is InChI=1S/C13H23/c1-3-5-7-9-11-13-12-10-8-6-4-2/h8,10,12-13H,1,3-7,9,11H2,2H3/b10-8-,13-12+. The molecule has 0 bridgehead atoms. The van der Waals surface area contributed by atoms with Crippen molar-refractivity contribution in [2.75, 3.05) is 0 Å². The Hall–Kier alpha value is -0.520. The smallest absolute Gasteiger partial charge is 0.0348 e. The van der Waals surface area contributed by atoms with E-state index in [1.165, 1.54) is 38.5 Å². The maximum absolute atomic E-state index is 3.82. The van der Waals surface area contributed by atoms with Gasteiger partial charge in [-0.15, -0.1) is 0 Å². The lowest BCUT2D eigenvalue weighted by Crippen LogP contribution is -1.73. The van der Waals surface area contributed by atoms with Crippen molar-refractivity contribution in [1.29, 1.82) is 0 Å². The van der Waals surface area contributed by atoms with Gasteiger partial charge in [-0.05, 0) is 19.3 Å². The second kappa shape index (κ2) is 11.5. The van der Waals surface area contributed by atoms with Gasteiger partial charge in [0.25, 0.3) is 0 Å². The van der Waals surface area contributed by atoms with Crippen LogP contribution >= 0.6 is 0 Å². The fraction of sp³-hybridized carbons (Fsp3) is 0.615. The fourth-order valence-corrected chi connectivity index (χ4v) is 1.13. The van der Waals surface area contributed by atoms with Gasteiger partial charge in [0.05, 0.1) is 0 Å². The lowest BCUT2D eigenvalue weighted by Gasteiger charge is -1.92. The Balaban J connectivity index is 3.12. The van der Waals surface area contributed by atoms with Crippen LogP contribution in [0.15, 0.2) is 24.3 Å². The van der Waals surface area contributed by atoms with Crippen LogP contribution in [-0.2, 0) is 0 Å². The van der Waals surface area contributed by atoms with Crippen LogP contribution in [0.25, 0.3) is 0 Å². The van der Waals surface area contributed by atoms with Crippen LogP contribution < -0.4 is 0 Å². The van der Waals surface area contributed by atoms with E-state index in [9.17, 15) is 0 Å². The highest BCUT2D eigenvalue weighted by Crippen LogP contribution is 2.02. The lowest BCUT2D eigenvalue weighted by atomic mass is 10.1. The summed E-state index contributed by atoms with van der Waals surface area (Å²) in [6.45, 7) is 6.03. The summed E-state index contributed by atoms with van der Waals surface area (Å²) in [7, 11) is 0. The molecule has 0 fully saturated rings. The van der Waals surface area contributed by atoms with E-state index in [1.54, 1.807) is 0 Å². The van der Waals surface area contributed by atoms with Crippen LogP contribution in [0.3, 0.4) is 0 Å². The van der Waals surface area contributed by atoms with Crippen LogP contribution in [-0.4, -0.2) is 0 Å². The van der Waals surface area contributed by atoms with Gasteiger partial charge in [-0.3, -0.25) is 0 Å². The zero-order valence-electron chi connectivity index (χ0n) is 8.97. The summed E-state index contributed by atoms with van der Waals surface area (Å²) in [6, 6.07) is 0. The van der Waals surface area contributed by atoms with Crippen molar-refractivity contribution in [2.45, 2.75) is 51.9 Å². The molecule has 0 aromatic carbocycles. The quantitative estimate of drug-likeness (QED) is 0.375. The Kier molecular flexibility index (Phi) is 11.0. The van der Waals surface area contributed by atoms with E-state index in [0.29, 0.717) is 0 Å². The van der Waals surface area contributed by atoms with E-state index in [4.69, 9.17) is 0 Å². The van der Waals surface area contributed by atoms with Crippen molar-refractivity contribution < 1.29 is 0 Å². The molecule has 0 atom stereocenters. The summed E-state index contributed by atoms with van der Waals surface area (Å²) in [5.74, 6) is 0. The molecule has 13 heavy (non-hydrogen) atoms. The number of allylic oxidation sites excluding steroid dienone is 4. The van der Waals surface area contributed by atoms with Crippen molar-refractivity contribution in [3.05, 3.63) is 31.2 Å². The molecule has 0 aromatic rings. The highest BCUT2D eigenvalue weighted by molar-refractivity contribution is 5.01. The van der Waals surface area contributed by atoms with Gasteiger partial charge in [0.15, 0.2) is 0 Å². The third-order valence-electron chi connectivity index (χ3n) is 1.96. The van der Waals surface area contributed by atoms with Gasteiger partial charge >= 0.3 is 0 Å². The topological polar surface area (TPSA) is 0 Å². The van der Waals surface area contributed by atoms with Crippen molar-refractivity contribution in [2.24, 2.45) is 0 Å². The molecule has 0 saturated heterocycles. The molecule has 0 N–H and O–H groups in total. The van der Waals surface area contributed by atoms with Crippen LogP contribution in [0.5, 0.6) is 0 Å². The highest BCUT2D eigenvalue weighted by atomic mass is 13.9. The number of rotatable bonds is 8. The maximum atomic E-state index is 3.82. The van der Waals surface area contributed by atoms with Crippen LogP contribution in [0, 0.1) is 6.92 Å². The summed E-state index contributed by atoms with van der Waals surface area (Å²) in [5.41, 5.74) is 0. The third-order valence-corrected chi connectivity index (χ3v) is 1.96. The largest absolute Gasteiger partial charge is 0.0846 e. The molecule has 0 amide bonds. The average Bonchev–Trinajstić information content (AvgIpc) is 2.16.